The zero-order valence-corrected chi connectivity index (χ0v) is 28.1. The van der Waals surface area contributed by atoms with Crippen molar-refractivity contribution in [1.29, 1.82) is 0 Å². The van der Waals surface area contributed by atoms with Crippen molar-refractivity contribution in [3.05, 3.63) is 70.3 Å². The number of aryl methyl sites for hydroxylation is 1. The fourth-order valence-electron chi connectivity index (χ4n) is 7.63. The molecule has 0 saturated heterocycles. The zero-order valence-electron chi connectivity index (χ0n) is 26.5. The predicted octanol–water partition coefficient (Wildman–Crippen LogP) is 6.60. The Kier molecular flexibility index (Phi) is 10.7. The third-order valence-electron chi connectivity index (χ3n) is 10.4. The second kappa shape index (κ2) is 14.7. The van der Waals surface area contributed by atoms with E-state index in [9.17, 15) is 9.90 Å². The van der Waals surface area contributed by atoms with E-state index in [-0.39, 0.29) is 28.4 Å². The zero-order chi connectivity index (χ0) is 31.4. The number of hydrogen-bond donors (Lipinski definition) is 2. The Hall–Kier alpha value is -2.23. The average Bonchev–Trinajstić information content (AvgIpc) is 3.16. The molecule has 2 aromatic carbocycles. The first-order valence-corrected chi connectivity index (χ1v) is 17.8. The number of nitrogens with one attached hydrogen (secondary N) is 1. The van der Waals surface area contributed by atoms with Gasteiger partial charge in [0.15, 0.2) is 0 Å². The summed E-state index contributed by atoms with van der Waals surface area (Å²) in [6.07, 6.45) is 10.6. The van der Waals surface area contributed by atoms with E-state index < -0.39 is 6.10 Å². The van der Waals surface area contributed by atoms with Crippen LogP contribution in [0.15, 0.2) is 48.6 Å². The third kappa shape index (κ3) is 7.36. The lowest BCUT2D eigenvalue weighted by Crippen LogP contribution is -2.49. The smallest absolute Gasteiger partial charge is 0.261 e. The Morgan fingerprint density at radius 2 is 2.07 bits per heavy atom. The first-order valence-electron chi connectivity index (χ1n) is 16.5. The minimum atomic E-state index is -0.465. The molecule has 9 heteroatoms. The monoisotopic (exact) mass is 654 g/mol. The Morgan fingerprint density at radius 3 is 2.89 bits per heavy atom. The molecule has 6 rings (SSSR count). The second-order valence-electron chi connectivity index (χ2n) is 13.4. The van der Waals surface area contributed by atoms with E-state index in [0.29, 0.717) is 37.9 Å². The number of aliphatic hydroxyl groups excluding tert-OH is 1. The molecule has 2 bridgehead atoms. The van der Waals surface area contributed by atoms with Gasteiger partial charge in [0, 0.05) is 48.1 Å². The number of benzene rings is 2. The standard InChI is InChI=1S/C36H47ClN2O5S/c1-24-5-3-7-32(40)29-11-8-27(29)21-39-22-36(15-4-6-25-19-28(37)10-12-30(25)36)23-44-33-13-9-26(20-31(33)39)35(41)38-45-34(24)14-16-43-18-17-42-2/h3,7,9-10,12-13,19-20,24,27,29,32,34,40H,4-6,8,11,14-18,21-23H2,1-2H3,(H,38,41)/b7-3-/t24-,27-,29+,32-,34-,36-/m0/s1. The summed E-state index contributed by atoms with van der Waals surface area (Å²) in [5.74, 6) is 1.58. The number of fused-ring (bicyclic) bond motifs is 4. The van der Waals surface area contributed by atoms with Gasteiger partial charge in [-0.25, -0.2) is 0 Å². The summed E-state index contributed by atoms with van der Waals surface area (Å²) in [7, 11) is 1.67. The molecule has 4 aliphatic rings. The fraction of sp³-hybridized carbons (Fsp3) is 0.583. The largest absolute Gasteiger partial charge is 0.490 e. The summed E-state index contributed by atoms with van der Waals surface area (Å²) < 4.78 is 20.7. The highest BCUT2D eigenvalue weighted by Gasteiger charge is 2.44. The molecule has 2 aliphatic heterocycles. The summed E-state index contributed by atoms with van der Waals surface area (Å²) in [5.41, 5.74) is 4.05. The van der Waals surface area contributed by atoms with E-state index >= 15 is 0 Å². The van der Waals surface area contributed by atoms with Crippen molar-refractivity contribution in [3.63, 3.8) is 0 Å². The van der Waals surface area contributed by atoms with Crippen molar-refractivity contribution in [1.82, 2.24) is 4.72 Å². The molecule has 0 unspecified atom stereocenters. The SMILES string of the molecule is COCCOCC[C@@H]1SNC(=O)c2ccc3c(c2)N(C[C@@H]2CC[C@H]2[C@@H](O)/C=C\C[C@@H]1C)C[C@@]1(CCCc2cc(Cl)ccc21)CO3. The van der Waals surface area contributed by atoms with Crippen molar-refractivity contribution < 1.29 is 24.1 Å². The normalized spacial score (nSPS) is 30.7. The Labute approximate surface area is 277 Å². The van der Waals surface area contributed by atoms with Crippen LogP contribution in [-0.2, 0) is 21.3 Å². The molecule has 244 valence electrons. The van der Waals surface area contributed by atoms with Crippen LogP contribution >= 0.6 is 23.5 Å². The molecular weight excluding hydrogens is 608 g/mol. The maximum atomic E-state index is 13.6. The Bertz CT molecular complexity index is 1370. The lowest BCUT2D eigenvalue weighted by molar-refractivity contribution is 0.0455. The lowest BCUT2D eigenvalue weighted by atomic mass is 9.68. The van der Waals surface area contributed by atoms with E-state index in [1.54, 1.807) is 7.11 Å². The summed E-state index contributed by atoms with van der Waals surface area (Å²) in [4.78, 5) is 16.1. The van der Waals surface area contributed by atoms with Gasteiger partial charge in [-0.2, -0.15) is 0 Å². The molecule has 2 aromatic rings. The Balaban J connectivity index is 1.30. The fourth-order valence-corrected chi connectivity index (χ4v) is 8.76. The van der Waals surface area contributed by atoms with Gasteiger partial charge in [0.2, 0.25) is 0 Å². The Morgan fingerprint density at radius 1 is 1.18 bits per heavy atom. The summed E-state index contributed by atoms with van der Waals surface area (Å²) >= 11 is 7.91. The van der Waals surface area contributed by atoms with Crippen LogP contribution in [0.4, 0.5) is 5.69 Å². The number of amides is 1. The van der Waals surface area contributed by atoms with Crippen molar-refractivity contribution in [2.45, 2.75) is 68.6 Å². The number of carbonyl (C=O) groups is 1. The van der Waals surface area contributed by atoms with Crippen molar-refractivity contribution in [2.24, 2.45) is 17.8 Å². The van der Waals surface area contributed by atoms with Crippen molar-refractivity contribution in [2.75, 3.05) is 51.5 Å². The van der Waals surface area contributed by atoms with E-state index in [1.165, 1.54) is 23.1 Å². The van der Waals surface area contributed by atoms with Gasteiger partial charge in [-0.15, -0.1) is 0 Å². The third-order valence-corrected chi connectivity index (χ3v) is 12.0. The second-order valence-corrected chi connectivity index (χ2v) is 14.9. The summed E-state index contributed by atoms with van der Waals surface area (Å²) in [6.45, 7) is 6.11. The minimum Gasteiger partial charge on any atom is -0.490 e. The quantitative estimate of drug-likeness (QED) is 0.207. The predicted molar refractivity (Wildman–Crippen MR) is 182 cm³/mol. The molecule has 1 saturated carbocycles. The molecule has 0 aromatic heterocycles. The number of anilines is 1. The van der Waals surface area contributed by atoms with Crippen LogP contribution in [0.3, 0.4) is 0 Å². The van der Waals surface area contributed by atoms with E-state index in [2.05, 4.69) is 34.8 Å². The molecule has 2 aliphatic carbocycles. The maximum absolute atomic E-state index is 13.6. The molecular formula is C36H47ClN2O5S. The first-order chi connectivity index (χ1) is 21.9. The molecule has 1 amide bonds. The van der Waals surface area contributed by atoms with Crippen LogP contribution in [0.2, 0.25) is 5.02 Å². The molecule has 7 nitrogen and oxygen atoms in total. The molecule has 1 spiro atoms. The van der Waals surface area contributed by atoms with Gasteiger partial charge < -0.3 is 24.2 Å². The van der Waals surface area contributed by atoms with Crippen LogP contribution in [0.1, 0.15) is 66.9 Å². The van der Waals surface area contributed by atoms with Crippen LogP contribution in [0, 0.1) is 17.8 Å². The van der Waals surface area contributed by atoms with Gasteiger partial charge in [-0.3, -0.25) is 9.52 Å². The van der Waals surface area contributed by atoms with Crippen LogP contribution in [-0.4, -0.2) is 69.0 Å². The number of aliphatic hydroxyl groups is 1. The summed E-state index contributed by atoms with van der Waals surface area (Å²) in [6, 6.07) is 12.2. The number of methoxy groups -OCH3 is 1. The highest BCUT2D eigenvalue weighted by molar-refractivity contribution is 7.98. The van der Waals surface area contributed by atoms with Crippen molar-refractivity contribution in [3.8, 4) is 5.75 Å². The number of carbonyl (C=O) groups excluding carboxylic acids is 1. The van der Waals surface area contributed by atoms with Crippen LogP contribution in [0.5, 0.6) is 5.75 Å². The molecule has 2 N–H and O–H groups in total. The number of hydrogen-bond acceptors (Lipinski definition) is 7. The molecule has 0 radical (unpaired) electrons. The van der Waals surface area contributed by atoms with Gasteiger partial charge >= 0.3 is 0 Å². The van der Waals surface area contributed by atoms with Gasteiger partial charge in [0.1, 0.15) is 5.75 Å². The van der Waals surface area contributed by atoms with Gasteiger partial charge in [0.05, 0.1) is 31.6 Å². The van der Waals surface area contributed by atoms with Gasteiger partial charge in [0.25, 0.3) is 5.91 Å². The highest BCUT2D eigenvalue weighted by Crippen LogP contribution is 2.47. The molecule has 2 heterocycles. The number of ether oxygens (including phenoxy) is 3. The number of halogens is 1. The molecule has 45 heavy (non-hydrogen) atoms. The summed E-state index contributed by atoms with van der Waals surface area (Å²) in [5, 5.41) is 12.2. The van der Waals surface area contributed by atoms with Gasteiger partial charge in [-0.05, 0) is 116 Å². The first kappa shape index (κ1) is 32.7. The average molecular weight is 655 g/mol. The van der Waals surface area contributed by atoms with Crippen LogP contribution < -0.4 is 14.4 Å². The maximum Gasteiger partial charge on any atom is 0.261 e. The number of nitrogens with zero attached hydrogens (tertiary/aromatic N) is 1. The highest BCUT2D eigenvalue weighted by atomic mass is 35.5. The molecule has 6 atom stereocenters. The lowest BCUT2D eigenvalue weighted by Gasteiger charge is -2.45. The van der Waals surface area contributed by atoms with E-state index in [4.69, 9.17) is 25.8 Å². The minimum absolute atomic E-state index is 0.101. The van der Waals surface area contributed by atoms with E-state index in [0.717, 1.165) is 74.5 Å². The topological polar surface area (TPSA) is 80.3 Å². The van der Waals surface area contributed by atoms with Crippen LogP contribution in [0.25, 0.3) is 0 Å². The number of allylic oxidation sites excluding steroid dienone is 1. The molecule has 1 fully saturated rings. The van der Waals surface area contributed by atoms with Crippen molar-refractivity contribution >= 4 is 35.1 Å². The van der Waals surface area contributed by atoms with E-state index in [1.807, 2.05) is 30.3 Å². The van der Waals surface area contributed by atoms with Gasteiger partial charge in [-0.1, -0.05) is 36.7 Å². The number of rotatable bonds is 6.